The molecule has 1 heterocycles. The van der Waals surface area contributed by atoms with E-state index in [2.05, 4.69) is 0 Å². The molecule has 0 saturated carbocycles. The van der Waals surface area contributed by atoms with E-state index in [0.29, 0.717) is 11.3 Å². The molecule has 1 atom stereocenters. The van der Waals surface area contributed by atoms with Gasteiger partial charge in [0.1, 0.15) is 11.6 Å². The molecule has 1 aromatic heterocycles. The number of nitrogen functional groups attached to an aromatic ring is 1. The molecule has 0 amide bonds. The second-order valence-electron chi connectivity index (χ2n) is 4.93. The minimum Gasteiger partial charge on any atom is -0.480 e. The third-order valence-electron chi connectivity index (χ3n) is 2.61. The maximum atomic E-state index is 11.0. The third kappa shape index (κ3) is 8.15. The highest BCUT2D eigenvalue weighted by atomic mass is 19.4. The fourth-order valence-electron chi connectivity index (χ4n) is 1.34. The Morgan fingerprint density at radius 2 is 1.65 bits per heavy atom. The summed E-state index contributed by atoms with van der Waals surface area (Å²) in [5.74, 6) is -3.72. The molecule has 0 aliphatic carbocycles. The predicted octanol–water partition coefficient (Wildman–Crippen LogP) is 1.74. The quantitative estimate of drug-likeness (QED) is 0.432. The van der Waals surface area contributed by atoms with Crippen LogP contribution in [0.25, 0.3) is 11.0 Å². The van der Waals surface area contributed by atoms with Crippen molar-refractivity contribution in [3.63, 3.8) is 0 Å². The normalized spacial score (nSPS) is 11.5. The van der Waals surface area contributed by atoms with Gasteiger partial charge in [0.2, 0.25) is 0 Å². The second kappa shape index (κ2) is 9.42. The molecule has 0 aliphatic rings. The van der Waals surface area contributed by atoms with Crippen LogP contribution in [-0.4, -0.2) is 34.4 Å². The van der Waals surface area contributed by atoms with Crippen LogP contribution in [-0.2, 0) is 9.59 Å². The van der Waals surface area contributed by atoms with E-state index in [1.165, 1.54) is 13.0 Å². The van der Waals surface area contributed by atoms with E-state index in [4.69, 9.17) is 30.9 Å². The fraction of sp³-hybridized carbons (Fsp3) is 0.267. The lowest BCUT2D eigenvalue weighted by atomic mass is 10.1. The number of carbonyl (C=O) groups is 2. The van der Waals surface area contributed by atoms with Gasteiger partial charge in [0.15, 0.2) is 0 Å². The van der Waals surface area contributed by atoms with Gasteiger partial charge in [-0.05, 0) is 31.5 Å². The molecule has 0 saturated heterocycles. The number of hydrogen-bond donors (Lipinski definition) is 4. The van der Waals surface area contributed by atoms with Crippen LogP contribution in [0, 0.1) is 6.92 Å². The molecule has 11 heteroatoms. The maximum Gasteiger partial charge on any atom is 0.490 e. The number of halogens is 3. The van der Waals surface area contributed by atoms with E-state index >= 15 is 0 Å². The molecular weight excluding hydrogens is 361 g/mol. The van der Waals surface area contributed by atoms with E-state index in [9.17, 15) is 22.8 Å². The third-order valence-corrected chi connectivity index (χ3v) is 2.61. The number of carboxylic acid groups (broad SMARTS) is 2. The van der Waals surface area contributed by atoms with E-state index in [0.717, 1.165) is 10.9 Å². The minimum absolute atomic E-state index is 0.337. The monoisotopic (exact) mass is 378 g/mol. The zero-order chi connectivity index (χ0) is 20.7. The molecular formula is C15H17F3N2O6. The molecule has 2 aromatic rings. The summed E-state index contributed by atoms with van der Waals surface area (Å²) in [5.41, 5.74) is 12.1. The van der Waals surface area contributed by atoms with E-state index in [1.807, 2.05) is 13.0 Å². The summed E-state index contributed by atoms with van der Waals surface area (Å²) in [7, 11) is 0. The van der Waals surface area contributed by atoms with Gasteiger partial charge in [-0.1, -0.05) is 0 Å². The molecule has 144 valence electrons. The van der Waals surface area contributed by atoms with Crippen LogP contribution in [0.4, 0.5) is 18.9 Å². The first-order valence-corrected chi connectivity index (χ1v) is 6.84. The average Bonchev–Trinajstić information content (AvgIpc) is 2.46. The van der Waals surface area contributed by atoms with Gasteiger partial charge in [0, 0.05) is 23.2 Å². The topological polar surface area (TPSA) is 157 Å². The van der Waals surface area contributed by atoms with Crippen LogP contribution in [0.3, 0.4) is 0 Å². The van der Waals surface area contributed by atoms with Gasteiger partial charge in [-0.15, -0.1) is 0 Å². The molecule has 2 rings (SSSR count). The van der Waals surface area contributed by atoms with Crippen molar-refractivity contribution >= 4 is 28.6 Å². The Hall–Kier alpha value is -3.08. The molecule has 0 radical (unpaired) electrons. The number of carboxylic acids is 2. The van der Waals surface area contributed by atoms with Crippen molar-refractivity contribution in [2.45, 2.75) is 26.1 Å². The number of aliphatic carboxylic acids is 2. The molecule has 1 aromatic carbocycles. The van der Waals surface area contributed by atoms with Crippen LogP contribution in [0.2, 0.25) is 0 Å². The number of fused-ring (bicyclic) bond motifs is 1. The average molecular weight is 378 g/mol. The van der Waals surface area contributed by atoms with Crippen LogP contribution in [0.5, 0.6) is 0 Å². The summed E-state index contributed by atoms with van der Waals surface area (Å²) in [4.78, 5) is 29.5. The van der Waals surface area contributed by atoms with Crippen LogP contribution in [0.1, 0.15) is 12.5 Å². The SMILES string of the molecule is CC(N)C(=O)O.Cc1cc(=O)oc2cc(N)ccc12.O=C(O)C(F)(F)F. The number of alkyl halides is 3. The van der Waals surface area contributed by atoms with Crippen molar-refractivity contribution < 1.29 is 37.4 Å². The minimum atomic E-state index is -5.08. The molecule has 0 bridgehead atoms. The zero-order valence-electron chi connectivity index (χ0n) is 13.7. The van der Waals surface area contributed by atoms with Gasteiger partial charge in [-0.25, -0.2) is 9.59 Å². The van der Waals surface area contributed by atoms with Gasteiger partial charge in [-0.2, -0.15) is 13.2 Å². The highest BCUT2D eigenvalue weighted by Gasteiger charge is 2.38. The van der Waals surface area contributed by atoms with Crippen molar-refractivity contribution in [2.75, 3.05) is 5.73 Å². The maximum absolute atomic E-state index is 11.0. The van der Waals surface area contributed by atoms with E-state index < -0.39 is 24.2 Å². The summed E-state index contributed by atoms with van der Waals surface area (Å²) >= 11 is 0. The summed E-state index contributed by atoms with van der Waals surface area (Å²) in [6.07, 6.45) is -5.08. The number of nitrogens with two attached hydrogens (primary N) is 2. The zero-order valence-corrected chi connectivity index (χ0v) is 13.7. The van der Waals surface area contributed by atoms with Crippen molar-refractivity contribution in [1.82, 2.24) is 0 Å². The lowest BCUT2D eigenvalue weighted by Gasteiger charge is -2.00. The van der Waals surface area contributed by atoms with Crippen molar-refractivity contribution in [3.05, 3.63) is 40.2 Å². The summed E-state index contributed by atoms with van der Waals surface area (Å²) in [6.45, 7) is 3.29. The second-order valence-corrected chi connectivity index (χ2v) is 4.93. The van der Waals surface area contributed by atoms with Crippen molar-refractivity contribution in [1.29, 1.82) is 0 Å². The molecule has 0 spiro atoms. The first-order valence-electron chi connectivity index (χ1n) is 6.84. The van der Waals surface area contributed by atoms with Gasteiger partial charge < -0.3 is 26.1 Å². The van der Waals surface area contributed by atoms with Crippen molar-refractivity contribution in [3.8, 4) is 0 Å². The van der Waals surface area contributed by atoms with Crippen LogP contribution in [0.15, 0.2) is 33.5 Å². The van der Waals surface area contributed by atoms with Gasteiger partial charge in [0.25, 0.3) is 0 Å². The Morgan fingerprint density at radius 1 is 1.19 bits per heavy atom. The Labute approximate surface area is 144 Å². The highest BCUT2D eigenvalue weighted by molar-refractivity contribution is 5.82. The standard InChI is InChI=1S/C10H9NO2.C3H7NO2.C2HF3O2/c1-6-4-10(12)13-9-5-7(11)2-3-8(6)9;1-2(4)3(5)6;3-2(4,5)1(6)7/h2-5H,11H2,1H3;2H,4H2,1H3,(H,5,6);(H,6,7). The Morgan fingerprint density at radius 3 is 2.04 bits per heavy atom. The first-order chi connectivity index (χ1) is 11.8. The molecule has 8 nitrogen and oxygen atoms in total. The lowest BCUT2D eigenvalue weighted by molar-refractivity contribution is -0.192. The fourth-order valence-corrected chi connectivity index (χ4v) is 1.34. The number of anilines is 1. The molecule has 1 unspecified atom stereocenters. The van der Waals surface area contributed by atoms with Gasteiger partial charge in [-0.3, -0.25) is 4.79 Å². The molecule has 6 N–H and O–H groups in total. The Kier molecular flexibility index (Phi) is 8.30. The number of benzene rings is 1. The highest BCUT2D eigenvalue weighted by Crippen LogP contribution is 2.18. The summed E-state index contributed by atoms with van der Waals surface area (Å²) in [6, 6.07) is 6.03. The molecule has 0 fully saturated rings. The number of rotatable bonds is 1. The van der Waals surface area contributed by atoms with Crippen LogP contribution < -0.4 is 17.1 Å². The van der Waals surface area contributed by atoms with E-state index in [-0.39, 0.29) is 5.63 Å². The predicted molar refractivity (Wildman–Crippen MR) is 86.6 cm³/mol. The summed E-state index contributed by atoms with van der Waals surface area (Å²) < 4.78 is 36.7. The Balaban J connectivity index is 0.000000411. The molecule has 26 heavy (non-hydrogen) atoms. The lowest BCUT2D eigenvalue weighted by Crippen LogP contribution is -2.25. The largest absolute Gasteiger partial charge is 0.490 e. The first kappa shape index (κ1) is 22.9. The number of aryl methyl sites for hydroxylation is 1. The smallest absolute Gasteiger partial charge is 0.480 e. The Bertz CT molecular complexity index is 830. The van der Waals surface area contributed by atoms with E-state index in [1.54, 1.807) is 12.1 Å². The summed E-state index contributed by atoms with van der Waals surface area (Å²) in [5, 5.41) is 15.9. The van der Waals surface area contributed by atoms with Gasteiger partial charge in [0.05, 0.1) is 0 Å². The van der Waals surface area contributed by atoms with Crippen LogP contribution >= 0.6 is 0 Å². The van der Waals surface area contributed by atoms with Crippen molar-refractivity contribution in [2.24, 2.45) is 5.73 Å². The van der Waals surface area contributed by atoms with Gasteiger partial charge >= 0.3 is 23.7 Å². The number of hydrogen-bond acceptors (Lipinski definition) is 6. The molecule has 0 aliphatic heterocycles.